The molecule has 0 unspecified atom stereocenters. The van der Waals surface area contributed by atoms with Crippen molar-refractivity contribution in [3.8, 4) is 6.07 Å². The van der Waals surface area contributed by atoms with Crippen LogP contribution in [0.1, 0.15) is 52.7 Å². The molecule has 1 aromatic rings. The van der Waals surface area contributed by atoms with Crippen molar-refractivity contribution >= 4 is 11.9 Å². The zero-order chi connectivity index (χ0) is 17.0. The highest BCUT2D eigenvalue weighted by atomic mass is 16.5. The van der Waals surface area contributed by atoms with Crippen LogP contribution in [-0.2, 0) is 9.53 Å². The molecule has 0 aromatic heterocycles. The van der Waals surface area contributed by atoms with Gasteiger partial charge >= 0.3 is 5.97 Å². The fourth-order valence-corrected chi connectivity index (χ4v) is 3.25. The van der Waals surface area contributed by atoms with Crippen LogP contribution in [0, 0.1) is 32.1 Å². The summed E-state index contributed by atoms with van der Waals surface area (Å²) >= 11 is 0. The van der Waals surface area contributed by atoms with Crippen LogP contribution in [0.3, 0.4) is 0 Å². The molecule has 5 nitrogen and oxygen atoms in total. The smallest absolute Gasteiger partial charge is 0.339 e. The van der Waals surface area contributed by atoms with Crippen molar-refractivity contribution in [2.24, 2.45) is 0 Å². The fourth-order valence-electron chi connectivity index (χ4n) is 3.25. The predicted octanol–water partition coefficient (Wildman–Crippen LogP) is 2.72. The summed E-state index contributed by atoms with van der Waals surface area (Å²) in [5, 5.41) is 12.0. The third-order valence-corrected chi connectivity index (χ3v) is 4.27. The number of benzene rings is 1. The molecular weight excluding hydrogens is 292 g/mol. The van der Waals surface area contributed by atoms with Gasteiger partial charge in [-0.1, -0.05) is 17.7 Å². The summed E-state index contributed by atoms with van der Waals surface area (Å²) < 4.78 is 5.13. The minimum Gasteiger partial charge on any atom is -0.452 e. The van der Waals surface area contributed by atoms with Crippen LogP contribution >= 0.6 is 0 Å². The van der Waals surface area contributed by atoms with Crippen molar-refractivity contribution in [1.29, 1.82) is 5.26 Å². The molecule has 1 aliphatic carbocycles. The van der Waals surface area contributed by atoms with Gasteiger partial charge in [0.05, 0.1) is 11.6 Å². The Morgan fingerprint density at radius 1 is 1.22 bits per heavy atom. The molecule has 1 aromatic carbocycles. The SMILES string of the molecule is Cc1cc(C)c(C(=O)OCC(=O)NC2(C#N)CCCC2)c(C)c1. The van der Waals surface area contributed by atoms with E-state index in [1.807, 2.05) is 32.9 Å². The van der Waals surface area contributed by atoms with Gasteiger partial charge in [-0.2, -0.15) is 5.26 Å². The van der Waals surface area contributed by atoms with Gasteiger partial charge in [-0.3, -0.25) is 4.79 Å². The number of nitrogens with zero attached hydrogens (tertiary/aromatic N) is 1. The minimum absolute atomic E-state index is 0.366. The Kier molecular flexibility index (Phi) is 5.05. The molecule has 1 saturated carbocycles. The summed E-state index contributed by atoms with van der Waals surface area (Å²) in [6.07, 6.45) is 3.16. The average molecular weight is 314 g/mol. The normalized spacial score (nSPS) is 15.7. The van der Waals surface area contributed by atoms with Crippen LogP contribution < -0.4 is 5.32 Å². The van der Waals surface area contributed by atoms with Gasteiger partial charge in [-0.15, -0.1) is 0 Å². The lowest BCUT2D eigenvalue weighted by Crippen LogP contribution is -2.46. The van der Waals surface area contributed by atoms with Gasteiger partial charge in [-0.05, 0) is 57.6 Å². The molecule has 1 fully saturated rings. The Labute approximate surface area is 136 Å². The van der Waals surface area contributed by atoms with E-state index >= 15 is 0 Å². The molecule has 5 heteroatoms. The monoisotopic (exact) mass is 314 g/mol. The van der Waals surface area contributed by atoms with E-state index in [0.717, 1.165) is 29.5 Å². The maximum atomic E-state index is 12.2. The van der Waals surface area contributed by atoms with Crippen molar-refractivity contribution in [3.63, 3.8) is 0 Å². The van der Waals surface area contributed by atoms with E-state index in [1.165, 1.54) is 0 Å². The lowest BCUT2D eigenvalue weighted by atomic mass is 10.00. The Hall–Kier alpha value is -2.35. The number of rotatable bonds is 4. The van der Waals surface area contributed by atoms with E-state index in [9.17, 15) is 14.9 Å². The number of hydrogen-bond acceptors (Lipinski definition) is 4. The molecular formula is C18H22N2O3. The van der Waals surface area contributed by atoms with E-state index in [4.69, 9.17) is 4.74 Å². The maximum absolute atomic E-state index is 12.2. The molecule has 0 heterocycles. The van der Waals surface area contributed by atoms with Crippen molar-refractivity contribution < 1.29 is 14.3 Å². The van der Waals surface area contributed by atoms with E-state index in [2.05, 4.69) is 11.4 Å². The Bertz CT molecular complexity index is 644. The fraction of sp³-hybridized carbons (Fsp3) is 0.500. The highest BCUT2D eigenvalue weighted by Crippen LogP contribution is 2.28. The van der Waals surface area contributed by atoms with Gasteiger partial charge in [0.15, 0.2) is 6.61 Å². The second kappa shape index (κ2) is 6.82. The lowest BCUT2D eigenvalue weighted by Gasteiger charge is -2.21. The largest absolute Gasteiger partial charge is 0.452 e. The summed E-state index contributed by atoms with van der Waals surface area (Å²) in [6.45, 7) is 5.29. The van der Waals surface area contributed by atoms with Crippen LogP contribution in [0.25, 0.3) is 0 Å². The standard InChI is InChI=1S/C18H22N2O3/c1-12-8-13(2)16(14(3)9-12)17(22)23-10-15(21)20-18(11-19)6-4-5-7-18/h8-9H,4-7,10H2,1-3H3,(H,20,21). The van der Waals surface area contributed by atoms with Gasteiger partial charge in [0.1, 0.15) is 5.54 Å². The number of amides is 1. The second-order valence-corrected chi connectivity index (χ2v) is 6.30. The van der Waals surface area contributed by atoms with Gasteiger partial charge in [0.2, 0.25) is 0 Å². The number of aryl methyl sites for hydroxylation is 3. The van der Waals surface area contributed by atoms with Crippen molar-refractivity contribution in [3.05, 3.63) is 34.4 Å². The molecule has 23 heavy (non-hydrogen) atoms. The second-order valence-electron chi connectivity index (χ2n) is 6.30. The molecule has 1 N–H and O–H groups in total. The van der Waals surface area contributed by atoms with Crippen LogP contribution in [0.2, 0.25) is 0 Å². The minimum atomic E-state index is -0.792. The van der Waals surface area contributed by atoms with Gasteiger partial charge in [-0.25, -0.2) is 4.79 Å². The molecule has 0 atom stereocenters. The van der Waals surface area contributed by atoms with Gasteiger partial charge < -0.3 is 10.1 Å². The van der Waals surface area contributed by atoms with Crippen LogP contribution in [0.15, 0.2) is 12.1 Å². The van der Waals surface area contributed by atoms with Gasteiger partial charge in [0.25, 0.3) is 5.91 Å². The number of esters is 1. The molecule has 1 amide bonds. The van der Waals surface area contributed by atoms with Crippen LogP contribution in [0.5, 0.6) is 0 Å². The first-order chi connectivity index (χ1) is 10.9. The Morgan fingerprint density at radius 2 is 1.78 bits per heavy atom. The first kappa shape index (κ1) is 17.0. The highest BCUT2D eigenvalue weighted by molar-refractivity contribution is 5.94. The van der Waals surface area contributed by atoms with Crippen LogP contribution in [0.4, 0.5) is 0 Å². The molecule has 1 aliphatic rings. The molecule has 0 radical (unpaired) electrons. The lowest BCUT2D eigenvalue weighted by molar-refractivity contribution is -0.125. The Balaban J connectivity index is 1.97. The summed E-state index contributed by atoms with van der Waals surface area (Å²) in [5.74, 6) is -0.934. The number of hydrogen-bond donors (Lipinski definition) is 1. The summed E-state index contributed by atoms with van der Waals surface area (Å²) in [5.41, 5.74) is 2.44. The van der Waals surface area contributed by atoms with Crippen molar-refractivity contribution in [2.45, 2.75) is 52.0 Å². The third-order valence-electron chi connectivity index (χ3n) is 4.27. The van der Waals surface area contributed by atoms with E-state index in [0.29, 0.717) is 18.4 Å². The summed E-state index contributed by atoms with van der Waals surface area (Å²) in [6, 6.07) is 6.00. The van der Waals surface area contributed by atoms with Gasteiger partial charge in [0, 0.05) is 0 Å². The Morgan fingerprint density at radius 3 is 2.30 bits per heavy atom. The molecule has 0 bridgehead atoms. The van der Waals surface area contributed by atoms with Crippen molar-refractivity contribution in [1.82, 2.24) is 5.32 Å². The highest BCUT2D eigenvalue weighted by Gasteiger charge is 2.35. The molecule has 2 rings (SSSR count). The molecule has 0 spiro atoms. The van der Waals surface area contributed by atoms with E-state index in [1.54, 1.807) is 0 Å². The molecule has 122 valence electrons. The topological polar surface area (TPSA) is 79.2 Å². The third kappa shape index (κ3) is 3.89. The quantitative estimate of drug-likeness (QED) is 0.867. The number of nitriles is 1. The molecule has 0 saturated heterocycles. The number of ether oxygens (including phenoxy) is 1. The first-order valence-electron chi connectivity index (χ1n) is 7.84. The number of carbonyl (C=O) groups excluding carboxylic acids is 2. The zero-order valence-electron chi connectivity index (χ0n) is 13.9. The first-order valence-corrected chi connectivity index (χ1v) is 7.84. The summed E-state index contributed by atoms with van der Waals surface area (Å²) in [7, 11) is 0. The van der Waals surface area contributed by atoms with E-state index in [-0.39, 0.29) is 6.61 Å². The number of nitrogens with one attached hydrogen (secondary N) is 1. The zero-order valence-corrected chi connectivity index (χ0v) is 13.9. The maximum Gasteiger partial charge on any atom is 0.339 e. The van der Waals surface area contributed by atoms with Crippen LogP contribution in [-0.4, -0.2) is 24.0 Å². The van der Waals surface area contributed by atoms with Crippen molar-refractivity contribution in [2.75, 3.05) is 6.61 Å². The number of carbonyl (C=O) groups is 2. The van der Waals surface area contributed by atoms with E-state index < -0.39 is 17.4 Å². The summed E-state index contributed by atoms with van der Waals surface area (Å²) in [4.78, 5) is 24.2. The predicted molar refractivity (Wildman–Crippen MR) is 85.9 cm³/mol. The molecule has 0 aliphatic heterocycles. The average Bonchev–Trinajstić information content (AvgIpc) is 2.93.